The zero-order valence-electron chi connectivity index (χ0n) is 19.1. The second kappa shape index (κ2) is 18.6. The van der Waals surface area contributed by atoms with Crippen LogP contribution in [-0.4, -0.2) is 51.1 Å². The first-order chi connectivity index (χ1) is 13.6. The van der Waals surface area contributed by atoms with Gasteiger partial charge in [0.15, 0.2) is 0 Å². The van der Waals surface area contributed by atoms with E-state index in [0.717, 1.165) is 58.0 Å². The fraction of sp³-hybridized carbons (Fsp3) is 0.913. The molecule has 0 aliphatic heterocycles. The molecule has 0 amide bonds. The summed E-state index contributed by atoms with van der Waals surface area (Å²) in [5.74, 6) is 1.05. The quantitative estimate of drug-likeness (QED) is 0.176. The number of fused-ring (bicyclic) bond motifs is 1. The second-order valence-corrected chi connectivity index (χ2v) is 8.12. The van der Waals surface area contributed by atoms with Gasteiger partial charge in [-0.15, -0.1) is 0 Å². The standard InChI is InChI=1S/C11H28N4O.C9H14.C3H8/c12-5-3-8-13-6-1-2-7-14-9-4-10-15-11-16;1-3-9-5-4-8(9)6-7(9)2;1-3-2/h13-16H,1-12H2;8H,2-6H2,1H3;3H2,1-2H3. The molecule has 2 aliphatic rings. The number of aliphatic hydroxyl groups excluding tert-OH is 1. The summed E-state index contributed by atoms with van der Waals surface area (Å²) in [6.45, 7) is 16.6. The Kier molecular flexibility index (Phi) is 18.3. The average Bonchev–Trinajstić information content (AvgIpc) is 2.68. The normalized spacial score (nSPS) is 22.0. The van der Waals surface area contributed by atoms with E-state index in [4.69, 9.17) is 10.8 Å². The van der Waals surface area contributed by atoms with E-state index in [1.165, 1.54) is 44.9 Å². The molecule has 168 valence electrons. The van der Waals surface area contributed by atoms with Crippen molar-refractivity contribution in [3.05, 3.63) is 12.2 Å². The topological polar surface area (TPSA) is 82.3 Å². The summed E-state index contributed by atoms with van der Waals surface area (Å²) in [7, 11) is 0. The molecule has 2 unspecified atom stereocenters. The van der Waals surface area contributed by atoms with E-state index < -0.39 is 0 Å². The van der Waals surface area contributed by atoms with E-state index in [1.807, 2.05) is 0 Å². The maximum absolute atomic E-state index is 8.48. The van der Waals surface area contributed by atoms with Gasteiger partial charge in [-0.25, -0.2) is 0 Å². The molecule has 0 spiro atoms. The summed E-state index contributed by atoms with van der Waals surface area (Å²) in [5, 5.41) is 18.1. The molecule has 2 rings (SSSR count). The van der Waals surface area contributed by atoms with Crippen LogP contribution in [0.5, 0.6) is 0 Å². The van der Waals surface area contributed by atoms with Gasteiger partial charge in [0.25, 0.3) is 0 Å². The van der Waals surface area contributed by atoms with Crippen LogP contribution in [-0.2, 0) is 0 Å². The van der Waals surface area contributed by atoms with Crippen LogP contribution in [0.25, 0.3) is 0 Å². The molecule has 28 heavy (non-hydrogen) atoms. The monoisotopic (exact) mass is 398 g/mol. The highest BCUT2D eigenvalue weighted by atomic mass is 16.3. The second-order valence-electron chi connectivity index (χ2n) is 8.12. The Bertz CT molecular complexity index is 347. The van der Waals surface area contributed by atoms with Gasteiger partial charge in [-0.3, -0.25) is 5.32 Å². The molecule has 0 aromatic carbocycles. The van der Waals surface area contributed by atoms with E-state index in [0.29, 0.717) is 5.41 Å². The van der Waals surface area contributed by atoms with Crippen LogP contribution in [0.15, 0.2) is 12.2 Å². The van der Waals surface area contributed by atoms with Crippen molar-refractivity contribution in [3.63, 3.8) is 0 Å². The first kappa shape index (κ1) is 27.5. The third-order valence-corrected chi connectivity index (χ3v) is 5.88. The van der Waals surface area contributed by atoms with Gasteiger partial charge in [0.1, 0.15) is 0 Å². The minimum Gasteiger partial charge on any atom is -0.381 e. The number of unbranched alkanes of at least 4 members (excludes halogenated alkanes) is 1. The average molecular weight is 399 g/mol. The zero-order valence-corrected chi connectivity index (χ0v) is 19.1. The van der Waals surface area contributed by atoms with E-state index in [1.54, 1.807) is 5.57 Å². The molecule has 0 bridgehead atoms. The first-order valence-corrected chi connectivity index (χ1v) is 11.7. The Morgan fingerprint density at radius 2 is 1.50 bits per heavy atom. The molecule has 0 aromatic rings. The molecule has 2 saturated carbocycles. The lowest BCUT2D eigenvalue weighted by atomic mass is 9.44. The zero-order chi connectivity index (χ0) is 21.1. The van der Waals surface area contributed by atoms with Crippen molar-refractivity contribution < 1.29 is 5.11 Å². The molecule has 0 heterocycles. The third kappa shape index (κ3) is 10.9. The van der Waals surface area contributed by atoms with E-state index in [-0.39, 0.29) is 6.73 Å². The molecule has 5 heteroatoms. The predicted octanol–water partition coefficient (Wildman–Crippen LogP) is 3.39. The van der Waals surface area contributed by atoms with Crippen LogP contribution in [0.2, 0.25) is 0 Å². The number of hydrogen-bond acceptors (Lipinski definition) is 5. The van der Waals surface area contributed by atoms with Crippen molar-refractivity contribution in [2.45, 2.75) is 78.6 Å². The van der Waals surface area contributed by atoms with Gasteiger partial charge in [0.05, 0.1) is 6.73 Å². The fourth-order valence-electron chi connectivity index (χ4n) is 3.94. The van der Waals surface area contributed by atoms with Gasteiger partial charge in [-0.1, -0.05) is 39.3 Å². The van der Waals surface area contributed by atoms with E-state index >= 15 is 0 Å². The summed E-state index contributed by atoms with van der Waals surface area (Å²) >= 11 is 0. The van der Waals surface area contributed by atoms with Crippen molar-refractivity contribution in [1.29, 1.82) is 0 Å². The number of nitrogens with one attached hydrogen (secondary N) is 3. The highest BCUT2D eigenvalue weighted by molar-refractivity contribution is 5.28. The predicted molar refractivity (Wildman–Crippen MR) is 124 cm³/mol. The highest BCUT2D eigenvalue weighted by Gasteiger charge is 2.54. The van der Waals surface area contributed by atoms with Gasteiger partial charge < -0.3 is 21.5 Å². The van der Waals surface area contributed by atoms with Gasteiger partial charge in [0.2, 0.25) is 0 Å². The number of allylic oxidation sites excluding steroid dienone is 1. The Morgan fingerprint density at radius 3 is 1.86 bits per heavy atom. The van der Waals surface area contributed by atoms with Crippen LogP contribution in [0, 0.1) is 11.3 Å². The Balaban J connectivity index is 0.000000501. The lowest BCUT2D eigenvalue weighted by molar-refractivity contribution is -0.00461. The summed E-state index contributed by atoms with van der Waals surface area (Å²) in [5.41, 5.74) is 7.60. The molecule has 0 saturated heterocycles. The van der Waals surface area contributed by atoms with Crippen LogP contribution in [0.4, 0.5) is 0 Å². The van der Waals surface area contributed by atoms with Gasteiger partial charge in [-0.2, -0.15) is 0 Å². The van der Waals surface area contributed by atoms with E-state index in [9.17, 15) is 0 Å². The van der Waals surface area contributed by atoms with Crippen LogP contribution in [0.3, 0.4) is 0 Å². The van der Waals surface area contributed by atoms with Crippen molar-refractivity contribution in [2.24, 2.45) is 17.1 Å². The molecule has 6 N–H and O–H groups in total. The van der Waals surface area contributed by atoms with Crippen molar-refractivity contribution in [3.8, 4) is 0 Å². The minimum absolute atomic E-state index is 0.0778. The Labute approximate surface area is 175 Å². The molecule has 2 atom stereocenters. The number of aliphatic hydroxyl groups is 1. The summed E-state index contributed by atoms with van der Waals surface area (Å²) in [6.07, 6.45) is 11.4. The number of hydrogen-bond donors (Lipinski definition) is 5. The molecule has 5 nitrogen and oxygen atoms in total. The smallest absolute Gasteiger partial charge is 0.0931 e. The van der Waals surface area contributed by atoms with Gasteiger partial charge in [-0.05, 0) is 102 Å². The Morgan fingerprint density at radius 1 is 0.964 bits per heavy atom. The summed E-state index contributed by atoms with van der Waals surface area (Å²) in [6, 6.07) is 0. The number of nitrogens with two attached hydrogens (primary N) is 1. The molecule has 0 radical (unpaired) electrons. The van der Waals surface area contributed by atoms with E-state index in [2.05, 4.69) is 43.3 Å². The van der Waals surface area contributed by atoms with Crippen molar-refractivity contribution >= 4 is 0 Å². The van der Waals surface area contributed by atoms with Gasteiger partial charge >= 0.3 is 0 Å². The summed E-state index contributed by atoms with van der Waals surface area (Å²) in [4.78, 5) is 0. The molecular formula is C23H50N4O. The highest BCUT2D eigenvalue weighted by Crippen LogP contribution is 2.65. The molecule has 2 fully saturated rings. The maximum atomic E-state index is 8.48. The van der Waals surface area contributed by atoms with Crippen molar-refractivity contribution in [1.82, 2.24) is 16.0 Å². The number of rotatable bonds is 14. The molecule has 2 aliphatic carbocycles. The lowest BCUT2D eigenvalue weighted by Gasteiger charge is -2.60. The first-order valence-electron chi connectivity index (χ1n) is 11.7. The van der Waals surface area contributed by atoms with Crippen LogP contribution < -0.4 is 21.7 Å². The van der Waals surface area contributed by atoms with Crippen LogP contribution in [0.1, 0.15) is 78.6 Å². The maximum Gasteiger partial charge on any atom is 0.0931 e. The molecular weight excluding hydrogens is 348 g/mol. The third-order valence-electron chi connectivity index (χ3n) is 5.88. The van der Waals surface area contributed by atoms with Crippen molar-refractivity contribution in [2.75, 3.05) is 46.0 Å². The summed E-state index contributed by atoms with van der Waals surface area (Å²) < 4.78 is 0. The lowest BCUT2D eigenvalue weighted by Crippen LogP contribution is -2.49. The Hall–Kier alpha value is -0.460. The SMILES string of the molecule is C=C1CC2CCC12CC.CCC.NCCCNCCCCNCCCNCO. The van der Waals surface area contributed by atoms with Crippen LogP contribution >= 0.6 is 0 Å². The minimum atomic E-state index is 0.0778. The largest absolute Gasteiger partial charge is 0.381 e. The fourth-order valence-corrected chi connectivity index (χ4v) is 3.94. The molecule has 0 aromatic heterocycles. The van der Waals surface area contributed by atoms with Gasteiger partial charge in [0, 0.05) is 0 Å².